The van der Waals surface area contributed by atoms with Crippen molar-refractivity contribution < 1.29 is 32.2 Å². The van der Waals surface area contributed by atoms with E-state index < -0.39 is 30.6 Å². The number of ether oxygens (including phenoxy) is 2. The van der Waals surface area contributed by atoms with Gasteiger partial charge in [-0.15, -0.1) is 6.58 Å². The van der Waals surface area contributed by atoms with Crippen LogP contribution in [0.25, 0.3) is 0 Å². The van der Waals surface area contributed by atoms with Gasteiger partial charge in [0.1, 0.15) is 6.10 Å². The molecule has 0 heterocycles. The summed E-state index contributed by atoms with van der Waals surface area (Å²) >= 11 is 0. The summed E-state index contributed by atoms with van der Waals surface area (Å²) in [6.45, 7) is 5.83. The molecule has 2 unspecified atom stereocenters. The van der Waals surface area contributed by atoms with Crippen molar-refractivity contribution in [3.05, 3.63) is 12.7 Å². The molecule has 0 saturated carbocycles. The third kappa shape index (κ3) is 8.23. The van der Waals surface area contributed by atoms with Crippen LogP contribution in [0.15, 0.2) is 12.7 Å². The lowest BCUT2D eigenvalue weighted by Crippen LogP contribution is -2.31. The molecular weight excluding hydrogens is 265 g/mol. The highest BCUT2D eigenvalue weighted by molar-refractivity contribution is 5.77. The lowest BCUT2D eigenvalue weighted by Gasteiger charge is -2.16. The van der Waals surface area contributed by atoms with Crippen molar-refractivity contribution in [1.82, 2.24) is 0 Å². The third-order valence-electron chi connectivity index (χ3n) is 2.13. The second kappa shape index (κ2) is 7.81. The summed E-state index contributed by atoms with van der Waals surface area (Å²) < 4.78 is 45.3. The molecule has 0 aromatic heterocycles. The molecule has 19 heavy (non-hydrogen) atoms. The standard InChI is InChI=1S/C12H17F3O4/c1-4-5-8(2)18-10(16)6-7-11(17)19-9(3)12(13,14)15/h4,8-9H,1,5-7H2,2-3H3. The van der Waals surface area contributed by atoms with Crippen molar-refractivity contribution in [3.63, 3.8) is 0 Å². The zero-order chi connectivity index (χ0) is 15.1. The van der Waals surface area contributed by atoms with Crippen molar-refractivity contribution >= 4 is 11.9 Å². The molecule has 0 aromatic rings. The lowest BCUT2D eigenvalue weighted by molar-refractivity contribution is -0.216. The van der Waals surface area contributed by atoms with Gasteiger partial charge in [-0.3, -0.25) is 9.59 Å². The molecule has 0 saturated heterocycles. The molecule has 110 valence electrons. The van der Waals surface area contributed by atoms with Gasteiger partial charge >= 0.3 is 18.1 Å². The Bertz CT molecular complexity index is 325. The summed E-state index contributed by atoms with van der Waals surface area (Å²) in [4.78, 5) is 22.3. The lowest BCUT2D eigenvalue weighted by atomic mass is 10.2. The molecule has 0 rings (SSSR count). The number of carbonyl (C=O) groups is 2. The van der Waals surface area contributed by atoms with E-state index in [1.165, 1.54) is 0 Å². The van der Waals surface area contributed by atoms with E-state index in [-0.39, 0.29) is 12.5 Å². The van der Waals surface area contributed by atoms with Crippen LogP contribution in [0.1, 0.15) is 33.1 Å². The number of hydrogen-bond acceptors (Lipinski definition) is 4. The normalized spacial score (nSPS) is 14.4. The zero-order valence-corrected chi connectivity index (χ0v) is 10.8. The molecule has 0 amide bonds. The second-order valence-electron chi connectivity index (χ2n) is 4.00. The highest BCUT2D eigenvalue weighted by atomic mass is 19.4. The quantitative estimate of drug-likeness (QED) is 0.532. The SMILES string of the molecule is C=CCC(C)OC(=O)CCC(=O)OC(C)C(F)(F)F. The van der Waals surface area contributed by atoms with Crippen LogP contribution in [0.3, 0.4) is 0 Å². The molecule has 0 N–H and O–H groups in total. The first-order valence-corrected chi connectivity index (χ1v) is 5.73. The molecular formula is C12H17F3O4. The monoisotopic (exact) mass is 282 g/mol. The van der Waals surface area contributed by atoms with Crippen LogP contribution < -0.4 is 0 Å². The number of alkyl halides is 3. The summed E-state index contributed by atoms with van der Waals surface area (Å²) in [6.07, 6.45) is -5.90. The average molecular weight is 282 g/mol. The van der Waals surface area contributed by atoms with Gasteiger partial charge in [0, 0.05) is 6.42 Å². The first-order chi connectivity index (χ1) is 8.66. The van der Waals surface area contributed by atoms with E-state index in [2.05, 4.69) is 11.3 Å². The summed E-state index contributed by atoms with van der Waals surface area (Å²) in [5, 5.41) is 0. The summed E-state index contributed by atoms with van der Waals surface area (Å²) in [7, 11) is 0. The smallest absolute Gasteiger partial charge is 0.425 e. The molecule has 0 fully saturated rings. The van der Waals surface area contributed by atoms with Gasteiger partial charge in [-0.05, 0) is 13.8 Å². The molecule has 0 aromatic carbocycles. The predicted molar refractivity (Wildman–Crippen MR) is 61.2 cm³/mol. The van der Waals surface area contributed by atoms with Crippen LogP contribution >= 0.6 is 0 Å². The first-order valence-electron chi connectivity index (χ1n) is 5.73. The number of carbonyl (C=O) groups excluding carboxylic acids is 2. The van der Waals surface area contributed by atoms with Crippen molar-refractivity contribution in [2.45, 2.75) is 51.5 Å². The topological polar surface area (TPSA) is 52.6 Å². The first kappa shape index (κ1) is 17.5. The van der Waals surface area contributed by atoms with E-state index in [0.717, 1.165) is 6.92 Å². The van der Waals surface area contributed by atoms with Crippen LogP contribution in [0.5, 0.6) is 0 Å². The van der Waals surface area contributed by atoms with E-state index in [0.29, 0.717) is 6.42 Å². The molecule has 0 aliphatic carbocycles. The van der Waals surface area contributed by atoms with E-state index in [4.69, 9.17) is 4.74 Å². The third-order valence-corrected chi connectivity index (χ3v) is 2.13. The maximum absolute atomic E-state index is 12.1. The minimum atomic E-state index is -4.60. The number of hydrogen-bond donors (Lipinski definition) is 0. The van der Waals surface area contributed by atoms with Crippen LogP contribution in [-0.2, 0) is 19.1 Å². The molecule has 0 bridgehead atoms. The molecule has 0 spiro atoms. The van der Waals surface area contributed by atoms with E-state index in [9.17, 15) is 22.8 Å². The summed E-state index contributed by atoms with van der Waals surface area (Å²) in [5.74, 6) is -1.75. The van der Waals surface area contributed by atoms with Crippen LogP contribution in [-0.4, -0.2) is 30.3 Å². The van der Waals surface area contributed by atoms with Crippen molar-refractivity contribution in [2.75, 3.05) is 0 Å². The molecule has 0 aliphatic heterocycles. The number of rotatable bonds is 7. The van der Waals surface area contributed by atoms with Crippen LogP contribution in [0, 0.1) is 0 Å². The Balaban J connectivity index is 3.97. The average Bonchev–Trinajstić information content (AvgIpc) is 2.25. The Kier molecular flexibility index (Phi) is 7.18. The minimum Gasteiger partial charge on any atom is -0.462 e. The van der Waals surface area contributed by atoms with Gasteiger partial charge < -0.3 is 9.47 Å². The Labute approximate surface area is 109 Å². The largest absolute Gasteiger partial charge is 0.462 e. The fraction of sp³-hybridized carbons (Fsp3) is 0.667. The van der Waals surface area contributed by atoms with E-state index in [1.54, 1.807) is 13.0 Å². The Morgan fingerprint density at radius 3 is 2.05 bits per heavy atom. The van der Waals surface area contributed by atoms with Crippen LogP contribution in [0.2, 0.25) is 0 Å². The predicted octanol–water partition coefficient (Wildman–Crippen LogP) is 2.77. The summed E-state index contributed by atoms with van der Waals surface area (Å²) in [5.41, 5.74) is 0. The molecule has 7 heteroatoms. The molecule has 4 nitrogen and oxygen atoms in total. The van der Waals surface area contributed by atoms with Gasteiger partial charge in [-0.25, -0.2) is 0 Å². The van der Waals surface area contributed by atoms with Gasteiger partial charge in [0.2, 0.25) is 0 Å². The molecule has 2 atom stereocenters. The van der Waals surface area contributed by atoms with Gasteiger partial charge in [-0.1, -0.05) is 6.08 Å². The van der Waals surface area contributed by atoms with Crippen LogP contribution in [0.4, 0.5) is 13.2 Å². The van der Waals surface area contributed by atoms with Crippen molar-refractivity contribution in [1.29, 1.82) is 0 Å². The van der Waals surface area contributed by atoms with Gasteiger partial charge in [0.05, 0.1) is 12.8 Å². The van der Waals surface area contributed by atoms with E-state index >= 15 is 0 Å². The maximum Gasteiger partial charge on any atom is 0.425 e. The highest BCUT2D eigenvalue weighted by Crippen LogP contribution is 2.22. The molecule has 0 aliphatic rings. The van der Waals surface area contributed by atoms with E-state index in [1.807, 2.05) is 0 Å². The minimum absolute atomic E-state index is 0.315. The number of halogens is 3. The Morgan fingerprint density at radius 1 is 1.16 bits per heavy atom. The zero-order valence-electron chi connectivity index (χ0n) is 10.8. The van der Waals surface area contributed by atoms with Crippen molar-refractivity contribution in [2.24, 2.45) is 0 Å². The molecule has 0 radical (unpaired) electrons. The Hall–Kier alpha value is -1.53. The van der Waals surface area contributed by atoms with Gasteiger partial charge in [0.25, 0.3) is 0 Å². The highest BCUT2D eigenvalue weighted by Gasteiger charge is 2.39. The van der Waals surface area contributed by atoms with Gasteiger partial charge in [-0.2, -0.15) is 13.2 Å². The van der Waals surface area contributed by atoms with Crippen molar-refractivity contribution in [3.8, 4) is 0 Å². The fourth-order valence-electron chi connectivity index (χ4n) is 1.09. The summed E-state index contributed by atoms with van der Waals surface area (Å²) in [6, 6.07) is 0. The van der Waals surface area contributed by atoms with Gasteiger partial charge in [0.15, 0.2) is 6.10 Å². The second-order valence-corrected chi connectivity index (χ2v) is 4.00. The Morgan fingerprint density at radius 2 is 1.63 bits per heavy atom. The number of esters is 2. The fourth-order valence-corrected chi connectivity index (χ4v) is 1.09. The maximum atomic E-state index is 12.1.